The number of nitrogens with zero attached hydrogens (tertiary/aromatic N) is 1. The summed E-state index contributed by atoms with van der Waals surface area (Å²) in [5.74, 6) is -2.21. The number of ether oxygens (including phenoxy) is 1. The number of rotatable bonds is 4. The highest BCUT2D eigenvalue weighted by Gasteiger charge is 2.69. The fourth-order valence-corrected chi connectivity index (χ4v) is 4.82. The van der Waals surface area contributed by atoms with Gasteiger partial charge < -0.3 is 10.1 Å². The Morgan fingerprint density at radius 2 is 2.04 bits per heavy atom. The lowest BCUT2D eigenvalue weighted by Crippen LogP contribution is -2.53. The van der Waals surface area contributed by atoms with E-state index in [1.807, 2.05) is 6.92 Å². The molecular weight excluding hydrogens is 358 g/mol. The van der Waals surface area contributed by atoms with Gasteiger partial charge in [-0.3, -0.25) is 24.6 Å². The standard InChI is InChI=1S/C18H20ClN3O4/c1-9-12-13(16(24)22(15(12)23)7-4-8-26-2)18(21-9)10-5-3-6-11(19)14(10)20-17(18)25/h3,5-6,9,12-13,21H,4,7-8H2,1-2H3,(H,20,25)/t9?,12-,13+,18?/m0/s1. The van der Waals surface area contributed by atoms with E-state index in [-0.39, 0.29) is 23.8 Å². The van der Waals surface area contributed by atoms with Gasteiger partial charge in [0, 0.05) is 31.9 Å². The lowest BCUT2D eigenvalue weighted by Gasteiger charge is -2.29. The highest BCUT2D eigenvalue weighted by Crippen LogP contribution is 2.53. The number of amides is 3. The molecule has 0 aliphatic carbocycles. The van der Waals surface area contributed by atoms with Gasteiger partial charge in [-0.15, -0.1) is 0 Å². The average Bonchev–Trinajstić information content (AvgIpc) is 3.16. The molecule has 1 spiro atoms. The second-order valence-corrected chi connectivity index (χ2v) is 7.44. The van der Waals surface area contributed by atoms with Gasteiger partial charge in [0.15, 0.2) is 0 Å². The van der Waals surface area contributed by atoms with Crippen LogP contribution in [0.4, 0.5) is 5.69 Å². The molecular formula is C18H20ClN3O4. The highest BCUT2D eigenvalue weighted by molar-refractivity contribution is 6.35. The number of imide groups is 1. The Balaban J connectivity index is 1.77. The molecule has 3 aliphatic rings. The summed E-state index contributed by atoms with van der Waals surface area (Å²) in [4.78, 5) is 40.3. The van der Waals surface area contributed by atoms with Crippen LogP contribution in [-0.4, -0.2) is 48.9 Å². The van der Waals surface area contributed by atoms with Crippen LogP contribution in [0.5, 0.6) is 0 Å². The van der Waals surface area contributed by atoms with Crippen molar-refractivity contribution >= 4 is 35.0 Å². The van der Waals surface area contributed by atoms with E-state index < -0.39 is 17.4 Å². The molecule has 0 bridgehead atoms. The van der Waals surface area contributed by atoms with Crippen molar-refractivity contribution < 1.29 is 19.1 Å². The van der Waals surface area contributed by atoms with Crippen LogP contribution >= 0.6 is 11.6 Å². The van der Waals surface area contributed by atoms with Crippen molar-refractivity contribution in [1.82, 2.24) is 10.2 Å². The fraction of sp³-hybridized carbons (Fsp3) is 0.500. The number of hydrogen-bond donors (Lipinski definition) is 2. The zero-order valence-electron chi connectivity index (χ0n) is 14.5. The molecule has 2 saturated heterocycles. The Hall–Kier alpha value is -1.96. The summed E-state index contributed by atoms with van der Waals surface area (Å²) in [5, 5.41) is 6.46. The lowest BCUT2D eigenvalue weighted by molar-refractivity contribution is -0.143. The van der Waals surface area contributed by atoms with Crippen LogP contribution in [0.3, 0.4) is 0 Å². The van der Waals surface area contributed by atoms with Gasteiger partial charge in [0.1, 0.15) is 5.54 Å². The van der Waals surface area contributed by atoms with Gasteiger partial charge in [-0.05, 0) is 19.4 Å². The monoisotopic (exact) mass is 377 g/mol. The van der Waals surface area contributed by atoms with E-state index >= 15 is 0 Å². The quantitative estimate of drug-likeness (QED) is 0.606. The number of likely N-dealkylation sites (tertiary alicyclic amines) is 1. The van der Waals surface area contributed by atoms with Crippen molar-refractivity contribution in [2.45, 2.75) is 24.9 Å². The van der Waals surface area contributed by atoms with E-state index in [0.29, 0.717) is 35.8 Å². The Morgan fingerprint density at radius 3 is 2.77 bits per heavy atom. The normalized spacial score (nSPS) is 32.3. The van der Waals surface area contributed by atoms with Crippen molar-refractivity contribution in [2.75, 3.05) is 25.6 Å². The molecule has 3 heterocycles. The molecule has 2 unspecified atom stereocenters. The Morgan fingerprint density at radius 1 is 1.27 bits per heavy atom. The number of nitrogens with one attached hydrogen (secondary N) is 2. The van der Waals surface area contributed by atoms with Crippen molar-refractivity contribution in [2.24, 2.45) is 11.8 Å². The smallest absolute Gasteiger partial charge is 0.250 e. The molecule has 4 rings (SSSR count). The van der Waals surface area contributed by atoms with Gasteiger partial charge in [0.25, 0.3) is 0 Å². The largest absolute Gasteiger partial charge is 0.385 e. The van der Waals surface area contributed by atoms with Gasteiger partial charge in [0.05, 0.1) is 22.5 Å². The number of fused-ring (bicyclic) bond motifs is 4. The molecule has 2 fully saturated rings. The Labute approximate surface area is 156 Å². The van der Waals surface area contributed by atoms with Gasteiger partial charge in [-0.25, -0.2) is 0 Å². The van der Waals surface area contributed by atoms with Crippen molar-refractivity contribution in [3.8, 4) is 0 Å². The third-order valence-electron chi connectivity index (χ3n) is 5.67. The first-order valence-electron chi connectivity index (χ1n) is 8.65. The van der Waals surface area contributed by atoms with Gasteiger partial charge in [-0.2, -0.15) is 0 Å². The number of benzene rings is 1. The third-order valence-corrected chi connectivity index (χ3v) is 5.98. The molecule has 3 amide bonds. The Kier molecular flexibility index (Phi) is 4.06. The second-order valence-electron chi connectivity index (χ2n) is 7.04. The lowest BCUT2D eigenvalue weighted by atomic mass is 9.76. The van der Waals surface area contributed by atoms with E-state index in [1.54, 1.807) is 25.3 Å². The van der Waals surface area contributed by atoms with Crippen molar-refractivity contribution in [3.63, 3.8) is 0 Å². The summed E-state index contributed by atoms with van der Waals surface area (Å²) < 4.78 is 5.02. The maximum absolute atomic E-state index is 13.1. The van der Waals surface area contributed by atoms with Crippen LogP contribution < -0.4 is 10.6 Å². The number of halogens is 1. The maximum atomic E-state index is 13.1. The Bertz CT molecular complexity index is 814. The topological polar surface area (TPSA) is 87.7 Å². The van der Waals surface area contributed by atoms with E-state index in [1.165, 1.54) is 4.90 Å². The van der Waals surface area contributed by atoms with Crippen LogP contribution in [-0.2, 0) is 24.7 Å². The molecule has 0 saturated carbocycles. The molecule has 1 aromatic carbocycles. The third kappa shape index (κ3) is 2.11. The fourth-order valence-electron chi connectivity index (χ4n) is 4.60. The van der Waals surface area contributed by atoms with Gasteiger partial charge >= 0.3 is 0 Å². The number of carbonyl (C=O) groups is 3. The van der Waals surface area contributed by atoms with Crippen LogP contribution in [0.25, 0.3) is 0 Å². The van der Waals surface area contributed by atoms with Crippen LogP contribution in [0.15, 0.2) is 18.2 Å². The molecule has 7 nitrogen and oxygen atoms in total. The maximum Gasteiger partial charge on any atom is 0.250 e. The average molecular weight is 378 g/mol. The van der Waals surface area contributed by atoms with Crippen molar-refractivity contribution in [1.29, 1.82) is 0 Å². The number of anilines is 1. The van der Waals surface area contributed by atoms with E-state index in [9.17, 15) is 14.4 Å². The van der Waals surface area contributed by atoms with Crippen LogP contribution in [0, 0.1) is 11.8 Å². The van der Waals surface area contributed by atoms with Crippen LogP contribution in [0.1, 0.15) is 18.9 Å². The predicted octanol–water partition coefficient (Wildman–Crippen LogP) is 1.12. The number of methoxy groups -OCH3 is 1. The van der Waals surface area contributed by atoms with Crippen molar-refractivity contribution in [3.05, 3.63) is 28.8 Å². The minimum atomic E-state index is -1.26. The zero-order valence-corrected chi connectivity index (χ0v) is 15.3. The summed E-state index contributed by atoms with van der Waals surface area (Å²) in [6, 6.07) is 4.92. The zero-order chi connectivity index (χ0) is 18.6. The minimum absolute atomic E-state index is 0.226. The minimum Gasteiger partial charge on any atom is -0.385 e. The second kappa shape index (κ2) is 6.04. The first kappa shape index (κ1) is 17.5. The van der Waals surface area contributed by atoms with Gasteiger partial charge in [-0.1, -0.05) is 23.7 Å². The SMILES string of the molecule is COCCCN1C(=O)[C@H]2C(C)NC3(C(=O)Nc4c(Cl)cccc43)[C@H]2C1=O. The molecule has 0 aromatic heterocycles. The summed E-state index contributed by atoms with van der Waals surface area (Å²) in [6.45, 7) is 2.60. The van der Waals surface area contributed by atoms with Gasteiger partial charge in [0.2, 0.25) is 17.7 Å². The first-order chi connectivity index (χ1) is 12.4. The molecule has 1 aromatic rings. The summed E-state index contributed by atoms with van der Waals surface area (Å²) in [7, 11) is 1.58. The summed E-state index contributed by atoms with van der Waals surface area (Å²) >= 11 is 6.24. The number of carbonyl (C=O) groups excluding carboxylic acids is 3. The molecule has 3 aliphatic heterocycles. The van der Waals surface area contributed by atoms with E-state index in [0.717, 1.165) is 0 Å². The predicted molar refractivity (Wildman–Crippen MR) is 94.6 cm³/mol. The molecule has 2 N–H and O–H groups in total. The molecule has 138 valence electrons. The number of para-hydroxylation sites is 1. The summed E-state index contributed by atoms with van der Waals surface area (Å²) in [6.07, 6.45) is 0.566. The summed E-state index contributed by atoms with van der Waals surface area (Å²) in [5.41, 5.74) is -0.112. The molecule has 4 atom stereocenters. The molecule has 26 heavy (non-hydrogen) atoms. The van der Waals surface area contributed by atoms with Crippen LogP contribution in [0.2, 0.25) is 5.02 Å². The first-order valence-corrected chi connectivity index (χ1v) is 9.03. The molecule has 8 heteroatoms. The molecule has 0 radical (unpaired) electrons. The van der Waals surface area contributed by atoms with E-state index in [4.69, 9.17) is 16.3 Å². The number of hydrogen-bond acceptors (Lipinski definition) is 5. The van der Waals surface area contributed by atoms with E-state index in [2.05, 4.69) is 10.6 Å². The highest BCUT2D eigenvalue weighted by atomic mass is 35.5.